The summed E-state index contributed by atoms with van der Waals surface area (Å²) in [7, 11) is -3.56. The van der Waals surface area contributed by atoms with Gasteiger partial charge in [0.25, 0.3) is 0 Å². The normalized spacial score (nSPS) is 26.7. The van der Waals surface area contributed by atoms with Gasteiger partial charge in [-0.2, -0.15) is 4.31 Å². The van der Waals surface area contributed by atoms with Crippen molar-refractivity contribution in [3.8, 4) is 0 Å². The Morgan fingerprint density at radius 1 is 1.16 bits per heavy atom. The van der Waals surface area contributed by atoms with Crippen LogP contribution in [-0.2, 0) is 14.8 Å². The van der Waals surface area contributed by atoms with Crippen LogP contribution in [0.5, 0.6) is 0 Å². The van der Waals surface area contributed by atoms with Gasteiger partial charge in [-0.05, 0) is 44.4 Å². The largest absolute Gasteiger partial charge is 0.325 e. The Hall–Kier alpha value is -0.820. The first-order valence-corrected chi connectivity index (χ1v) is 10.7. The van der Waals surface area contributed by atoms with Gasteiger partial charge in [0.15, 0.2) is 0 Å². The minimum Gasteiger partial charge on any atom is -0.325 e. The summed E-state index contributed by atoms with van der Waals surface area (Å²) in [5.41, 5.74) is -0.423. The Balaban J connectivity index is 1.78. The molecule has 25 heavy (non-hydrogen) atoms. The number of carbonyl (C=O) groups is 1. The Morgan fingerprint density at radius 3 is 2.32 bits per heavy atom. The summed E-state index contributed by atoms with van der Waals surface area (Å²) in [5.74, 6) is -0.304. The molecular weight excluding hydrogens is 383 g/mol. The van der Waals surface area contributed by atoms with Crippen molar-refractivity contribution in [2.24, 2.45) is 5.41 Å². The summed E-state index contributed by atoms with van der Waals surface area (Å²) in [6.45, 7) is 2.77. The Bertz CT molecular complexity index is 774. The van der Waals surface area contributed by atoms with E-state index in [9.17, 15) is 13.2 Å². The van der Waals surface area contributed by atoms with Gasteiger partial charge >= 0.3 is 0 Å². The Kier molecular flexibility index (Phi) is 5.10. The standard InChI is InChI=1S/C17H22Cl2N2O3S/c1-16(12-17(16,18)19)15(22)20-13-7-6-8-14(11-13)25(23,24)21-9-4-2-3-5-10-21/h6-8,11H,2-5,9-10,12H2,1H3,(H,20,22)/t16-/m1/s1. The number of sulfonamides is 1. The lowest BCUT2D eigenvalue weighted by Crippen LogP contribution is -2.32. The molecule has 1 aliphatic carbocycles. The minimum atomic E-state index is -3.56. The molecule has 0 bridgehead atoms. The van der Waals surface area contributed by atoms with Crippen molar-refractivity contribution in [2.45, 2.75) is 48.3 Å². The summed E-state index contributed by atoms with van der Waals surface area (Å²) < 4.78 is 26.2. The van der Waals surface area contributed by atoms with Crippen LogP contribution in [0.4, 0.5) is 5.69 Å². The second-order valence-electron chi connectivity index (χ2n) is 7.01. The van der Waals surface area contributed by atoms with Gasteiger partial charge in [0.05, 0.1) is 10.3 Å². The number of halogens is 2. The molecular formula is C17H22Cl2N2O3S. The molecule has 1 atom stereocenters. The lowest BCUT2D eigenvalue weighted by atomic mass is 10.1. The molecule has 3 rings (SSSR count). The molecule has 0 radical (unpaired) electrons. The summed E-state index contributed by atoms with van der Waals surface area (Å²) in [4.78, 5) is 12.6. The molecule has 0 spiro atoms. The molecule has 0 unspecified atom stereocenters. The minimum absolute atomic E-state index is 0.191. The number of hydrogen-bond acceptors (Lipinski definition) is 3. The highest BCUT2D eigenvalue weighted by molar-refractivity contribution is 7.89. The van der Waals surface area contributed by atoms with Crippen LogP contribution in [0.2, 0.25) is 0 Å². The van der Waals surface area contributed by atoms with E-state index in [-0.39, 0.29) is 10.8 Å². The van der Waals surface area contributed by atoms with E-state index in [1.54, 1.807) is 25.1 Å². The van der Waals surface area contributed by atoms with Crippen LogP contribution in [0.15, 0.2) is 29.2 Å². The number of amides is 1. The van der Waals surface area contributed by atoms with Crippen molar-refractivity contribution in [3.05, 3.63) is 24.3 Å². The van der Waals surface area contributed by atoms with E-state index >= 15 is 0 Å². The number of hydrogen-bond donors (Lipinski definition) is 1. The lowest BCUT2D eigenvalue weighted by Gasteiger charge is -2.20. The zero-order valence-corrected chi connectivity index (χ0v) is 16.4. The number of alkyl halides is 2. The second kappa shape index (κ2) is 6.72. The van der Waals surface area contributed by atoms with Crippen molar-refractivity contribution < 1.29 is 13.2 Å². The third kappa shape index (κ3) is 3.68. The average Bonchev–Trinajstić information content (AvgIpc) is 3.19. The molecule has 2 aliphatic rings. The maximum absolute atomic E-state index is 12.9. The zero-order valence-electron chi connectivity index (χ0n) is 14.1. The molecule has 1 amide bonds. The van der Waals surface area contributed by atoms with Gasteiger partial charge in [-0.25, -0.2) is 8.42 Å². The number of benzene rings is 1. The second-order valence-corrected chi connectivity index (χ2v) is 10.4. The van der Waals surface area contributed by atoms with Crippen LogP contribution in [0.25, 0.3) is 0 Å². The predicted octanol–water partition coefficient (Wildman–Crippen LogP) is 3.77. The SMILES string of the molecule is C[C@]1(C(=O)Nc2cccc(S(=O)(=O)N3CCCCCC3)c2)CC1(Cl)Cl. The molecule has 1 aromatic rings. The fourth-order valence-electron chi connectivity index (χ4n) is 3.08. The molecule has 138 valence electrons. The molecule has 0 aromatic heterocycles. The first-order valence-electron chi connectivity index (χ1n) is 8.46. The monoisotopic (exact) mass is 404 g/mol. The van der Waals surface area contributed by atoms with Crippen LogP contribution in [-0.4, -0.2) is 36.1 Å². The molecule has 2 fully saturated rings. The Morgan fingerprint density at radius 2 is 1.76 bits per heavy atom. The molecule has 8 heteroatoms. The predicted molar refractivity (Wildman–Crippen MR) is 99.5 cm³/mol. The van der Waals surface area contributed by atoms with E-state index in [0.717, 1.165) is 25.7 Å². The van der Waals surface area contributed by atoms with Crippen molar-refractivity contribution in [3.63, 3.8) is 0 Å². The molecule has 1 heterocycles. The fraction of sp³-hybridized carbons (Fsp3) is 0.588. The maximum Gasteiger partial charge on any atom is 0.243 e. The molecule has 1 aromatic carbocycles. The molecule has 1 saturated carbocycles. The van der Waals surface area contributed by atoms with Crippen LogP contribution in [0, 0.1) is 5.41 Å². The van der Waals surface area contributed by atoms with Crippen LogP contribution in [0.1, 0.15) is 39.0 Å². The topological polar surface area (TPSA) is 66.5 Å². The maximum atomic E-state index is 12.9. The molecule has 5 nitrogen and oxygen atoms in total. The highest BCUT2D eigenvalue weighted by Gasteiger charge is 2.67. The van der Waals surface area contributed by atoms with Gasteiger partial charge in [0.2, 0.25) is 15.9 Å². The number of carbonyl (C=O) groups excluding carboxylic acids is 1. The van der Waals surface area contributed by atoms with E-state index in [0.29, 0.717) is 25.2 Å². The highest BCUT2D eigenvalue weighted by atomic mass is 35.5. The third-order valence-electron chi connectivity index (χ3n) is 5.05. The third-order valence-corrected chi connectivity index (χ3v) is 8.05. The zero-order chi connectivity index (χ0) is 18.3. The summed E-state index contributed by atoms with van der Waals surface area (Å²) in [6, 6.07) is 6.34. The van der Waals surface area contributed by atoms with E-state index in [1.165, 1.54) is 10.4 Å². The van der Waals surface area contributed by atoms with Gasteiger partial charge in [-0.1, -0.05) is 18.9 Å². The smallest absolute Gasteiger partial charge is 0.243 e. The molecule has 1 saturated heterocycles. The summed E-state index contributed by atoms with van der Waals surface area (Å²) in [6.07, 6.45) is 4.24. The first kappa shape index (κ1) is 19.0. The first-order chi connectivity index (χ1) is 11.7. The van der Waals surface area contributed by atoms with E-state index in [2.05, 4.69) is 5.32 Å². The number of nitrogens with zero attached hydrogens (tertiary/aromatic N) is 1. The lowest BCUT2D eigenvalue weighted by molar-refractivity contribution is -0.120. The number of nitrogens with one attached hydrogen (secondary N) is 1. The van der Waals surface area contributed by atoms with Crippen molar-refractivity contribution in [1.82, 2.24) is 4.31 Å². The van der Waals surface area contributed by atoms with E-state index in [1.807, 2.05) is 0 Å². The Labute approximate surface area is 158 Å². The number of rotatable bonds is 4. The quantitative estimate of drug-likeness (QED) is 0.776. The van der Waals surface area contributed by atoms with Gasteiger partial charge in [-0.15, -0.1) is 23.2 Å². The summed E-state index contributed by atoms with van der Waals surface area (Å²) >= 11 is 12.1. The van der Waals surface area contributed by atoms with E-state index < -0.39 is 19.8 Å². The van der Waals surface area contributed by atoms with Gasteiger partial charge in [0, 0.05) is 18.8 Å². The fourth-order valence-corrected chi connectivity index (χ4v) is 5.35. The highest BCUT2D eigenvalue weighted by Crippen LogP contribution is 2.64. The van der Waals surface area contributed by atoms with Gasteiger partial charge in [-0.3, -0.25) is 4.79 Å². The average molecular weight is 405 g/mol. The summed E-state index contributed by atoms with van der Waals surface area (Å²) in [5, 5.41) is 2.74. The van der Waals surface area contributed by atoms with Crippen molar-refractivity contribution in [1.29, 1.82) is 0 Å². The van der Waals surface area contributed by atoms with Gasteiger partial charge < -0.3 is 5.32 Å². The number of anilines is 1. The molecule has 1 aliphatic heterocycles. The van der Waals surface area contributed by atoms with Crippen molar-refractivity contribution in [2.75, 3.05) is 18.4 Å². The van der Waals surface area contributed by atoms with Gasteiger partial charge in [0.1, 0.15) is 4.33 Å². The molecule has 1 N–H and O–H groups in total. The van der Waals surface area contributed by atoms with E-state index in [4.69, 9.17) is 23.2 Å². The van der Waals surface area contributed by atoms with Crippen LogP contribution in [0.3, 0.4) is 0 Å². The van der Waals surface area contributed by atoms with Crippen molar-refractivity contribution >= 4 is 44.8 Å². The van der Waals surface area contributed by atoms with Crippen LogP contribution < -0.4 is 5.32 Å². The van der Waals surface area contributed by atoms with Crippen LogP contribution >= 0.6 is 23.2 Å².